The van der Waals surface area contributed by atoms with Crippen molar-refractivity contribution in [2.45, 2.75) is 38.4 Å². The molecule has 0 aromatic rings. The number of alkyl halides is 3. The second-order valence-electron chi connectivity index (χ2n) is 4.68. The first-order valence-electron chi connectivity index (χ1n) is 6.62. The van der Waals surface area contributed by atoms with Crippen molar-refractivity contribution in [1.82, 2.24) is 10.2 Å². The van der Waals surface area contributed by atoms with Crippen molar-refractivity contribution < 1.29 is 17.9 Å². The molecule has 1 heterocycles. The van der Waals surface area contributed by atoms with E-state index in [1.165, 1.54) is 0 Å². The van der Waals surface area contributed by atoms with Gasteiger partial charge in [0.1, 0.15) is 6.61 Å². The lowest BCUT2D eigenvalue weighted by Gasteiger charge is -2.34. The number of piperidine rings is 1. The molecule has 3 nitrogen and oxygen atoms in total. The molecule has 0 atom stereocenters. The lowest BCUT2D eigenvalue weighted by Crippen LogP contribution is -2.44. The lowest BCUT2D eigenvalue weighted by molar-refractivity contribution is -0.174. The van der Waals surface area contributed by atoms with Gasteiger partial charge in [0.2, 0.25) is 0 Å². The summed E-state index contributed by atoms with van der Waals surface area (Å²) in [5.41, 5.74) is 0. The minimum Gasteiger partial charge on any atom is -0.371 e. The van der Waals surface area contributed by atoms with E-state index in [0.717, 1.165) is 38.9 Å². The molecule has 0 radical (unpaired) electrons. The number of halogens is 4. The van der Waals surface area contributed by atoms with Crippen molar-refractivity contribution in [2.75, 3.05) is 39.4 Å². The molecule has 0 spiro atoms. The summed E-state index contributed by atoms with van der Waals surface area (Å²) in [6, 6.07) is 0.487. The summed E-state index contributed by atoms with van der Waals surface area (Å²) in [7, 11) is 0. The van der Waals surface area contributed by atoms with Crippen LogP contribution in [0, 0.1) is 0 Å². The predicted molar refractivity (Wildman–Crippen MR) is 71.9 cm³/mol. The first-order valence-corrected chi connectivity index (χ1v) is 6.62. The summed E-state index contributed by atoms with van der Waals surface area (Å²) in [5.74, 6) is 0. The van der Waals surface area contributed by atoms with Gasteiger partial charge in [-0.2, -0.15) is 13.2 Å². The quantitative estimate of drug-likeness (QED) is 0.731. The first kappa shape index (κ1) is 19.0. The number of nitrogens with zero attached hydrogens (tertiary/aromatic N) is 1. The molecule has 0 aromatic heterocycles. The van der Waals surface area contributed by atoms with Crippen molar-refractivity contribution in [3.8, 4) is 0 Å². The van der Waals surface area contributed by atoms with Crippen LogP contribution in [0.25, 0.3) is 0 Å². The Morgan fingerprint density at radius 3 is 2.37 bits per heavy atom. The van der Waals surface area contributed by atoms with Crippen LogP contribution in [0.2, 0.25) is 0 Å². The van der Waals surface area contributed by atoms with Crippen LogP contribution in [-0.4, -0.2) is 56.5 Å². The third-order valence-corrected chi connectivity index (χ3v) is 3.12. The van der Waals surface area contributed by atoms with Gasteiger partial charge in [-0.15, -0.1) is 12.4 Å². The van der Waals surface area contributed by atoms with Gasteiger partial charge in [0, 0.05) is 12.6 Å². The van der Waals surface area contributed by atoms with E-state index in [2.05, 4.69) is 21.9 Å². The molecular formula is C12H24ClF3N2O. The molecule has 0 bridgehead atoms. The highest BCUT2D eigenvalue weighted by Gasteiger charge is 2.27. The fraction of sp³-hybridized carbons (Fsp3) is 1.00. The molecule has 1 fully saturated rings. The fourth-order valence-corrected chi connectivity index (χ4v) is 2.31. The summed E-state index contributed by atoms with van der Waals surface area (Å²) < 4.78 is 40.5. The van der Waals surface area contributed by atoms with Crippen LogP contribution in [0.5, 0.6) is 0 Å². The fourth-order valence-electron chi connectivity index (χ4n) is 2.31. The molecule has 0 unspecified atom stereocenters. The molecule has 0 aromatic carbocycles. The third-order valence-electron chi connectivity index (χ3n) is 3.12. The summed E-state index contributed by atoms with van der Waals surface area (Å²) in [4.78, 5) is 2.26. The van der Waals surface area contributed by atoms with Gasteiger partial charge < -0.3 is 10.1 Å². The van der Waals surface area contributed by atoms with Gasteiger partial charge in [-0.1, -0.05) is 6.92 Å². The SMILES string of the molecule is CCCN(CCOCC(F)(F)F)C1CCNCC1.Cl. The topological polar surface area (TPSA) is 24.5 Å². The lowest BCUT2D eigenvalue weighted by atomic mass is 10.0. The number of nitrogens with one attached hydrogen (secondary N) is 1. The van der Waals surface area contributed by atoms with Crippen LogP contribution >= 0.6 is 12.4 Å². The highest BCUT2D eigenvalue weighted by Crippen LogP contribution is 2.15. The Morgan fingerprint density at radius 1 is 1.21 bits per heavy atom. The molecule has 0 saturated carbocycles. The average Bonchev–Trinajstić information content (AvgIpc) is 2.33. The maximum absolute atomic E-state index is 11.9. The molecule has 1 aliphatic heterocycles. The van der Waals surface area contributed by atoms with E-state index < -0.39 is 12.8 Å². The van der Waals surface area contributed by atoms with Crippen LogP contribution < -0.4 is 5.32 Å². The number of ether oxygens (including phenoxy) is 1. The van der Waals surface area contributed by atoms with Gasteiger partial charge in [0.05, 0.1) is 6.61 Å². The smallest absolute Gasteiger partial charge is 0.371 e. The van der Waals surface area contributed by atoms with E-state index in [1.54, 1.807) is 0 Å². The van der Waals surface area contributed by atoms with E-state index in [1.807, 2.05) is 0 Å². The Labute approximate surface area is 119 Å². The van der Waals surface area contributed by atoms with Gasteiger partial charge in [-0.05, 0) is 38.9 Å². The Kier molecular flexibility index (Phi) is 9.78. The Bertz CT molecular complexity index is 224. The normalized spacial score (nSPS) is 17.5. The number of hydrogen-bond acceptors (Lipinski definition) is 3. The Morgan fingerprint density at radius 2 is 1.84 bits per heavy atom. The van der Waals surface area contributed by atoms with Crippen molar-refractivity contribution in [2.24, 2.45) is 0 Å². The van der Waals surface area contributed by atoms with E-state index in [-0.39, 0.29) is 19.0 Å². The van der Waals surface area contributed by atoms with Gasteiger partial charge in [0.25, 0.3) is 0 Å². The van der Waals surface area contributed by atoms with Gasteiger partial charge >= 0.3 is 6.18 Å². The van der Waals surface area contributed by atoms with Crippen LogP contribution in [0.4, 0.5) is 13.2 Å². The van der Waals surface area contributed by atoms with Crippen molar-refractivity contribution in [3.05, 3.63) is 0 Å². The van der Waals surface area contributed by atoms with E-state index >= 15 is 0 Å². The maximum atomic E-state index is 11.9. The van der Waals surface area contributed by atoms with Crippen molar-refractivity contribution in [3.63, 3.8) is 0 Å². The predicted octanol–water partition coefficient (Wildman–Crippen LogP) is 2.45. The van der Waals surface area contributed by atoms with Crippen LogP contribution in [0.15, 0.2) is 0 Å². The zero-order valence-electron chi connectivity index (χ0n) is 11.3. The molecule has 116 valence electrons. The highest BCUT2D eigenvalue weighted by atomic mass is 35.5. The number of hydrogen-bond donors (Lipinski definition) is 1. The summed E-state index contributed by atoms with van der Waals surface area (Å²) in [6.07, 6.45) is -1.06. The van der Waals surface area contributed by atoms with E-state index in [0.29, 0.717) is 12.6 Å². The van der Waals surface area contributed by atoms with Gasteiger partial charge in [-0.25, -0.2) is 0 Å². The second kappa shape index (κ2) is 9.80. The van der Waals surface area contributed by atoms with Crippen molar-refractivity contribution in [1.29, 1.82) is 0 Å². The van der Waals surface area contributed by atoms with Crippen molar-refractivity contribution >= 4 is 12.4 Å². The monoisotopic (exact) mass is 304 g/mol. The largest absolute Gasteiger partial charge is 0.411 e. The third kappa shape index (κ3) is 8.68. The van der Waals surface area contributed by atoms with E-state index in [9.17, 15) is 13.2 Å². The molecular weight excluding hydrogens is 281 g/mol. The molecule has 7 heteroatoms. The second-order valence-corrected chi connectivity index (χ2v) is 4.68. The van der Waals surface area contributed by atoms with Crippen LogP contribution in [-0.2, 0) is 4.74 Å². The summed E-state index contributed by atoms with van der Waals surface area (Å²) >= 11 is 0. The number of rotatable bonds is 7. The molecule has 0 amide bonds. The molecule has 19 heavy (non-hydrogen) atoms. The molecule has 1 rings (SSSR count). The average molecular weight is 305 g/mol. The molecule has 1 aliphatic rings. The van der Waals surface area contributed by atoms with Crippen LogP contribution in [0.3, 0.4) is 0 Å². The molecule has 1 saturated heterocycles. The zero-order valence-corrected chi connectivity index (χ0v) is 12.2. The van der Waals surface area contributed by atoms with Crippen LogP contribution in [0.1, 0.15) is 26.2 Å². The van der Waals surface area contributed by atoms with Gasteiger partial charge in [-0.3, -0.25) is 4.90 Å². The highest BCUT2D eigenvalue weighted by molar-refractivity contribution is 5.85. The minimum atomic E-state index is -4.22. The summed E-state index contributed by atoms with van der Waals surface area (Å²) in [6.45, 7) is 4.62. The molecule has 0 aliphatic carbocycles. The van der Waals surface area contributed by atoms with Gasteiger partial charge in [0.15, 0.2) is 0 Å². The maximum Gasteiger partial charge on any atom is 0.411 e. The standard InChI is InChI=1S/C12H23F3N2O.ClH/c1-2-7-17(11-3-5-16-6-4-11)8-9-18-10-12(13,14)15;/h11,16H,2-10H2,1H3;1H. The Hall–Kier alpha value is -0.0400. The van der Waals surface area contributed by atoms with E-state index in [4.69, 9.17) is 0 Å². The first-order chi connectivity index (χ1) is 8.53. The minimum absolute atomic E-state index is 0. The molecule has 1 N–H and O–H groups in total. The zero-order chi connectivity index (χ0) is 13.4. The Balaban J connectivity index is 0.00000324. The summed E-state index contributed by atoms with van der Waals surface area (Å²) in [5, 5.41) is 3.29.